The van der Waals surface area contributed by atoms with Crippen molar-refractivity contribution < 1.29 is 18.4 Å². The van der Waals surface area contributed by atoms with Crippen LogP contribution in [0, 0.1) is 18.6 Å². The summed E-state index contributed by atoms with van der Waals surface area (Å²) in [4.78, 5) is 35.0. The third kappa shape index (κ3) is 4.94. The zero-order valence-corrected chi connectivity index (χ0v) is 21.2. The highest BCUT2D eigenvalue weighted by Crippen LogP contribution is 2.39. The molecule has 2 N–H and O–H groups in total. The summed E-state index contributed by atoms with van der Waals surface area (Å²) in [5, 5.41) is 5.98. The lowest BCUT2D eigenvalue weighted by molar-refractivity contribution is -0.109. The number of benzene rings is 2. The number of nitrogens with zero attached hydrogens (tertiary/aromatic N) is 3. The van der Waals surface area contributed by atoms with Crippen LogP contribution in [-0.2, 0) is 11.3 Å². The Hall–Kier alpha value is -4.14. The van der Waals surface area contributed by atoms with Crippen LogP contribution in [0.3, 0.4) is 0 Å². The number of nitrogens with one attached hydrogen (secondary N) is 2. The summed E-state index contributed by atoms with van der Waals surface area (Å²) >= 11 is 0. The molecule has 1 unspecified atom stereocenters. The van der Waals surface area contributed by atoms with Crippen molar-refractivity contribution in [3.8, 4) is 11.3 Å². The molecule has 0 spiro atoms. The minimum Gasteiger partial charge on any atom is -0.383 e. The molecule has 1 aliphatic heterocycles. The van der Waals surface area contributed by atoms with Crippen LogP contribution in [0.5, 0.6) is 0 Å². The Labute approximate surface area is 214 Å². The predicted molar refractivity (Wildman–Crippen MR) is 139 cm³/mol. The van der Waals surface area contributed by atoms with Crippen LogP contribution >= 0.6 is 0 Å². The fourth-order valence-electron chi connectivity index (χ4n) is 4.31. The van der Waals surface area contributed by atoms with Crippen molar-refractivity contribution >= 4 is 29.5 Å². The van der Waals surface area contributed by atoms with E-state index in [0.717, 1.165) is 45.7 Å². The predicted octanol–water partition coefficient (Wildman–Crippen LogP) is 5.75. The van der Waals surface area contributed by atoms with E-state index in [0.29, 0.717) is 17.7 Å². The number of amides is 2. The fourth-order valence-corrected chi connectivity index (χ4v) is 4.31. The number of fused-ring (bicyclic) bond motifs is 1. The number of aldehydes is 1. The van der Waals surface area contributed by atoms with Gasteiger partial charge in [-0.1, -0.05) is 31.7 Å². The first kappa shape index (κ1) is 25.9. The second-order valence-corrected chi connectivity index (χ2v) is 9.26. The van der Waals surface area contributed by atoms with Crippen LogP contribution in [0.15, 0.2) is 43.0 Å². The molecule has 2 aromatic carbocycles. The number of para-hydroxylation sites is 1. The molecule has 0 saturated heterocycles. The highest BCUT2D eigenvalue weighted by Gasteiger charge is 2.35. The number of urea groups is 1. The van der Waals surface area contributed by atoms with Gasteiger partial charge in [0.05, 0.1) is 18.2 Å². The number of aromatic nitrogens is 2. The van der Waals surface area contributed by atoms with E-state index in [2.05, 4.69) is 22.2 Å². The highest BCUT2D eigenvalue weighted by molar-refractivity contribution is 6.02. The van der Waals surface area contributed by atoms with Crippen LogP contribution in [0.2, 0.25) is 0 Å². The number of rotatable bonds is 8. The van der Waals surface area contributed by atoms with Crippen molar-refractivity contribution in [1.82, 2.24) is 20.6 Å². The van der Waals surface area contributed by atoms with Crippen molar-refractivity contribution in [3.63, 3.8) is 0 Å². The second-order valence-electron chi connectivity index (χ2n) is 9.26. The summed E-state index contributed by atoms with van der Waals surface area (Å²) in [5.74, 6) is -2.28. The lowest BCUT2D eigenvalue weighted by Gasteiger charge is -2.31. The van der Waals surface area contributed by atoms with Crippen LogP contribution < -0.4 is 15.5 Å². The van der Waals surface area contributed by atoms with Crippen LogP contribution in [-0.4, -0.2) is 28.3 Å². The molecule has 0 radical (unpaired) electrons. The summed E-state index contributed by atoms with van der Waals surface area (Å²) in [6.07, 6.45) is 1.15. The van der Waals surface area contributed by atoms with Gasteiger partial charge in [0.2, 0.25) is 0 Å². The molecule has 0 fully saturated rings. The number of anilines is 2. The molecule has 0 bridgehead atoms. The largest absolute Gasteiger partial charge is 0.383 e. The third-order valence-corrected chi connectivity index (χ3v) is 6.23. The van der Waals surface area contributed by atoms with Gasteiger partial charge in [-0.2, -0.15) is 0 Å². The van der Waals surface area contributed by atoms with E-state index < -0.39 is 29.3 Å². The van der Waals surface area contributed by atoms with Gasteiger partial charge < -0.3 is 15.4 Å². The zero-order chi connectivity index (χ0) is 26.9. The van der Waals surface area contributed by atoms with Gasteiger partial charge >= 0.3 is 6.03 Å². The number of aryl methyl sites for hydroxylation is 1. The monoisotopic (exact) mass is 505 g/mol. The van der Waals surface area contributed by atoms with Gasteiger partial charge in [-0.3, -0.25) is 0 Å². The topological polar surface area (TPSA) is 87.2 Å². The van der Waals surface area contributed by atoms with E-state index in [1.54, 1.807) is 0 Å². The van der Waals surface area contributed by atoms with Gasteiger partial charge in [0.15, 0.2) is 5.82 Å². The SMILES string of the molecule is C=C(NC(C)C)c1ccc(C)c(-c2nc(C(C=O)CC)nc3c2CNC(=O)N3c2c(F)cccc2F)c1. The van der Waals surface area contributed by atoms with Crippen LogP contribution in [0.4, 0.5) is 25.1 Å². The first-order valence-corrected chi connectivity index (χ1v) is 12.1. The summed E-state index contributed by atoms with van der Waals surface area (Å²) in [5.41, 5.74) is 3.58. The molecular weight excluding hydrogens is 476 g/mol. The van der Waals surface area contributed by atoms with Crippen molar-refractivity contribution in [3.05, 3.63) is 77.1 Å². The molecular formula is C28H29F2N5O2. The minimum atomic E-state index is -0.915. The highest BCUT2D eigenvalue weighted by atomic mass is 19.1. The number of hydrogen-bond acceptors (Lipinski definition) is 5. The maximum absolute atomic E-state index is 14.8. The fraction of sp³-hybridized carbons (Fsp3) is 0.286. The van der Waals surface area contributed by atoms with Gasteiger partial charge in [-0.05, 0) is 56.5 Å². The molecule has 2 amide bonds. The summed E-state index contributed by atoms with van der Waals surface area (Å²) in [6, 6.07) is 8.60. The molecule has 1 aliphatic rings. The molecule has 1 aromatic heterocycles. The lowest BCUT2D eigenvalue weighted by Crippen LogP contribution is -2.43. The molecule has 1 atom stereocenters. The Bertz CT molecular complexity index is 1370. The number of halogens is 2. The molecule has 3 aromatic rings. The Balaban J connectivity index is 2.00. The quantitative estimate of drug-likeness (QED) is 0.381. The number of carbonyl (C=O) groups is 2. The summed E-state index contributed by atoms with van der Waals surface area (Å²) < 4.78 is 29.7. The van der Waals surface area contributed by atoms with Crippen molar-refractivity contribution in [2.75, 3.05) is 4.90 Å². The molecule has 0 aliphatic carbocycles. The van der Waals surface area contributed by atoms with Gasteiger partial charge in [0.25, 0.3) is 0 Å². The summed E-state index contributed by atoms with van der Waals surface area (Å²) in [6.45, 7) is 11.9. The number of hydrogen-bond donors (Lipinski definition) is 2. The standard InChI is InChI=1S/C28H29F2N5O2/c1-6-18(14-36)26-33-24(20-12-19(11-10-16(20)4)17(5)32-15(2)3)21-13-31-28(37)35(27(21)34-26)25-22(29)8-7-9-23(25)30/h7-12,14-15,18,32H,5-6,13H2,1-4H3,(H,31,37). The van der Waals surface area contributed by atoms with Crippen molar-refractivity contribution in [2.24, 2.45) is 0 Å². The summed E-state index contributed by atoms with van der Waals surface area (Å²) in [7, 11) is 0. The van der Waals surface area contributed by atoms with Crippen LogP contribution in [0.1, 0.15) is 55.6 Å². The van der Waals surface area contributed by atoms with Crippen molar-refractivity contribution in [2.45, 2.75) is 52.6 Å². The van der Waals surface area contributed by atoms with E-state index in [1.807, 2.05) is 45.9 Å². The van der Waals surface area contributed by atoms with Gasteiger partial charge in [0, 0.05) is 22.9 Å². The van der Waals surface area contributed by atoms with E-state index in [-0.39, 0.29) is 24.2 Å². The van der Waals surface area contributed by atoms with E-state index in [9.17, 15) is 18.4 Å². The van der Waals surface area contributed by atoms with Gasteiger partial charge in [-0.15, -0.1) is 0 Å². The normalized spacial score (nSPS) is 13.7. The molecule has 2 heterocycles. The second kappa shape index (κ2) is 10.5. The van der Waals surface area contributed by atoms with Gasteiger partial charge in [-0.25, -0.2) is 28.4 Å². The van der Waals surface area contributed by atoms with Crippen molar-refractivity contribution in [1.29, 1.82) is 0 Å². The average Bonchev–Trinajstić information content (AvgIpc) is 2.85. The Morgan fingerprint density at radius 3 is 2.54 bits per heavy atom. The Morgan fingerprint density at radius 1 is 1.22 bits per heavy atom. The van der Waals surface area contributed by atoms with E-state index in [1.165, 1.54) is 6.07 Å². The lowest BCUT2D eigenvalue weighted by atomic mass is 9.96. The Morgan fingerprint density at radius 2 is 1.92 bits per heavy atom. The Kier molecular flexibility index (Phi) is 7.33. The number of carbonyl (C=O) groups excluding carboxylic acids is 2. The maximum Gasteiger partial charge on any atom is 0.328 e. The molecule has 7 nitrogen and oxygen atoms in total. The van der Waals surface area contributed by atoms with Crippen LogP contribution in [0.25, 0.3) is 17.0 Å². The molecule has 9 heteroatoms. The molecule has 4 rings (SSSR count). The minimum absolute atomic E-state index is 0.0389. The first-order chi connectivity index (χ1) is 17.7. The first-order valence-electron chi connectivity index (χ1n) is 12.1. The average molecular weight is 506 g/mol. The molecule has 37 heavy (non-hydrogen) atoms. The van der Waals surface area contributed by atoms with E-state index >= 15 is 0 Å². The third-order valence-electron chi connectivity index (χ3n) is 6.23. The molecule has 192 valence electrons. The smallest absolute Gasteiger partial charge is 0.328 e. The van der Waals surface area contributed by atoms with Gasteiger partial charge in [0.1, 0.15) is 29.4 Å². The molecule has 0 saturated carbocycles. The maximum atomic E-state index is 14.8. The van der Waals surface area contributed by atoms with E-state index in [4.69, 9.17) is 4.98 Å². The zero-order valence-electron chi connectivity index (χ0n) is 21.2.